The van der Waals surface area contributed by atoms with Crippen LogP contribution in [-0.4, -0.2) is 14.5 Å². The quantitative estimate of drug-likeness (QED) is 0.142. The van der Waals surface area contributed by atoms with E-state index in [1.807, 2.05) is 121 Å². The van der Waals surface area contributed by atoms with E-state index >= 15 is 26.3 Å². The van der Waals surface area contributed by atoms with E-state index in [0.717, 1.165) is 39.9 Å². The summed E-state index contributed by atoms with van der Waals surface area (Å²) in [6.07, 6.45) is -9.78. The number of aromatic nitrogens is 3. The van der Waals surface area contributed by atoms with Gasteiger partial charge in [0.05, 0.1) is 62.5 Å². The molecule has 0 aliphatic heterocycles. The zero-order chi connectivity index (χ0) is 50.4. The van der Waals surface area contributed by atoms with Crippen LogP contribution in [0, 0.1) is 22.7 Å². The third-order valence-corrected chi connectivity index (χ3v) is 13.0. The number of hydrogen-bond donors (Lipinski definition) is 0. The molecule has 2 aromatic heterocycles. The van der Waals surface area contributed by atoms with E-state index in [1.54, 1.807) is 47.0 Å². The molecule has 0 N–H and O–H groups in total. The number of nitrogens with zero attached hydrogens (tertiary/aromatic N) is 5. The summed E-state index contributed by atoms with van der Waals surface area (Å²) in [5, 5.41) is 20.4. The van der Waals surface area contributed by atoms with E-state index in [9.17, 15) is 10.5 Å². The van der Waals surface area contributed by atoms with Gasteiger partial charge in [-0.2, -0.15) is 36.9 Å². The minimum atomic E-state index is -4.89. The Kier molecular flexibility index (Phi) is 11.5. The second-order valence-corrected chi connectivity index (χ2v) is 17.4. The summed E-state index contributed by atoms with van der Waals surface area (Å²) in [5.41, 5.74) is 4.87. The molecule has 0 fully saturated rings. The van der Waals surface area contributed by atoms with Crippen molar-refractivity contribution in [3.8, 4) is 96.2 Å². The summed E-state index contributed by atoms with van der Waals surface area (Å²) in [6, 6.07) is 63.0. The molecule has 73 heavy (non-hydrogen) atoms. The van der Waals surface area contributed by atoms with Gasteiger partial charge in [0.2, 0.25) is 0 Å². The fraction of sp³-hybridized carbons (Fsp3) is 0.0323. The van der Waals surface area contributed by atoms with Gasteiger partial charge in [0, 0.05) is 38.6 Å². The Morgan fingerprint density at radius 3 is 1.19 bits per heavy atom. The number of rotatable bonds is 8. The highest BCUT2D eigenvalue weighted by molar-refractivity contribution is 6.13. The molecule has 0 spiro atoms. The van der Waals surface area contributed by atoms with Crippen molar-refractivity contribution in [2.75, 3.05) is 0 Å². The largest absolute Gasteiger partial charge is 0.417 e. The molecule has 0 saturated heterocycles. The number of fused-ring (bicyclic) bond motifs is 3. The van der Waals surface area contributed by atoms with Crippen molar-refractivity contribution in [3.63, 3.8) is 0 Å². The fourth-order valence-corrected chi connectivity index (χ4v) is 9.53. The van der Waals surface area contributed by atoms with Crippen LogP contribution in [0.2, 0.25) is 0 Å². The highest BCUT2D eigenvalue weighted by atomic mass is 19.4. The van der Waals surface area contributed by atoms with Crippen molar-refractivity contribution in [1.29, 1.82) is 10.5 Å². The molecule has 0 saturated carbocycles. The molecule has 9 aromatic carbocycles. The van der Waals surface area contributed by atoms with Crippen LogP contribution in [0.1, 0.15) is 22.3 Å². The molecule has 0 atom stereocenters. The third-order valence-electron chi connectivity index (χ3n) is 13.0. The van der Waals surface area contributed by atoms with E-state index in [-0.39, 0.29) is 39.2 Å². The monoisotopic (exact) mass is 963 g/mol. The van der Waals surface area contributed by atoms with Crippen molar-refractivity contribution in [3.05, 3.63) is 235 Å². The molecule has 0 bridgehead atoms. The van der Waals surface area contributed by atoms with Gasteiger partial charge >= 0.3 is 12.4 Å². The predicted molar refractivity (Wildman–Crippen MR) is 274 cm³/mol. The molecular weight excluding hydrogens is 929 g/mol. The van der Waals surface area contributed by atoms with Gasteiger partial charge in [0.15, 0.2) is 5.82 Å². The van der Waals surface area contributed by atoms with E-state index in [4.69, 9.17) is 9.97 Å². The van der Waals surface area contributed by atoms with Crippen LogP contribution in [0.5, 0.6) is 0 Å². The third kappa shape index (κ3) is 8.64. The number of halogens is 6. The Balaban J connectivity index is 1.30. The summed E-state index contributed by atoms with van der Waals surface area (Å²) in [6.45, 7) is 0. The summed E-state index contributed by atoms with van der Waals surface area (Å²) >= 11 is 0. The van der Waals surface area contributed by atoms with Gasteiger partial charge in [-0.3, -0.25) is 0 Å². The molecule has 350 valence electrons. The average Bonchev–Trinajstić information content (AvgIpc) is 3.75. The lowest BCUT2D eigenvalue weighted by molar-refractivity contribution is -0.137. The first-order valence-corrected chi connectivity index (χ1v) is 23.0. The lowest BCUT2D eigenvalue weighted by Gasteiger charge is -2.24. The zero-order valence-electron chi connectivity index (χ0n) is 38.2. The summed E-state index contributed by atoms with van der Waals surface area (Å²) < 4.78 is 95.1. The van der Waals surface area contributed by atoms with E-state index in [1.165, 1.54) is 36.4 Å². The smallest absolute Gasteiger partial charge is 0.308 e. The van der Waals surface area contributed by atoms with Crippen molar-refractivity contribution in [2.24, 2.45) is 0 Å². The minimum Gasteiger partial charge on any atom is -0.308 e. The second-order valence-electron chi connectivity index (χ2n) is 17.4. The number of benzene rings is 9. The van der Waals surface area contributed by atoms with Crippen LogP contribution in [0.4, 0.5) is 26.3 Å². The van der Waals surface area contributed by atoms with Crippen molar-refractivity contribution < 1.29 is 26.3 Å². The maximum atomic E-state index is 15.6. The summed E-state index contributed by atoms with van der Waals surface area (Å²) in [7, 11) is 0. The van der Waals surface area contributed by atoms with Crippen LogP contribution in [0.15, 0.2) is 212 Å². The Bertz CT molecular complexity index is 3750. The van der Waals surface area contributed by atoms with Crippen molar-refractivity contribution in [1.82, 2.24) is 14.5 Å². The maximum Gasteiger partial charge on any atom is 0.417 e. The van der Waals surface area contributed by atoms with Crippen LogP contribution < -0.4 is 0 Å². The molecule has 0 aliphatic rings. The first-order chi connectivity index (χ1) is 35.4. The number of alkyl halides is 6. The summed E-state index contributed by atoms with van der Waals surface area (Å²) in [4.78, 5) is 9.92. The molecule has 0 aliphatic carbocycles. The lowest BCUT2D eigenvalue weighted by atomic mass is 9.88. The molecule has 5 nitrogen and oxygen atoms in total. The zero-order valence-corrected chi connectivity index (χ0v) is 38.2. The van der Waals surface area contributed by atoms with Gasteiger partial charge in [0.25, 0.3) is 0 Å². The molecular formula is C62H35F6N5. The lowest BCUT2D eigenvalue weighted by Crippen LogP contribution is -2.11. The van der Waals surface area contributed by atoms with Gasteiger partial charge in [-0.15, -0.1) is 0 Å². The maximum absolute atomic E-state index is 15.6. The van der Waals surface area contributed by atoms with Crippen LogP contribution in [-0.2, 0) is 12.4 Å². The first kappa shape index (κ1) is 45.8. The Labute approximate surface area is 414 Å². The van der Waals surface area contributed by atoms with Gasteiger partial charge in [-0.05, 0) is 112 Å². The van der Waals surface area contributed by atoms with Crippen LogP contribution >= 0.6 is 0 Å². The van der Waals surface area contributed by atoms with Gasteiger partial charge < -0.3 is 4.57 Å². The van der Waals surface area contributed by atoms with E-state index in [2.05, 4.69) is 12.1 Å². The van der Waals surface area contributed by atoms with E-state index < -0.39 is 23.5 Å². The molecule has 11 rings (SSSR count). The predicted octanol–water partition coefficient (Wildman–Crippen LogP) is 17.0. The van der Waals surface area contributed by atoms with Crippen LogP contribution in [0.25, 0.3) is 106 Å². The van der Waals surface area contributed by atoms with Gasteiger partial charge in [0.1, 0.15) is 0 Å². The molecule has 11 aromatic rings. The van der Waals surface area contributed by atoms with Crippen molar-refractivity contribution >= 4 is 21.8 Å². The number of hydrogen-bond acceptors (Lipinski definition) is 4. The Morgan fingerprint density at radius 2 is 0.753 bits per heavy atom. The van der Waals surface area contributed by atoms with Crippen molar-refractivity contribution in [2.45, 2.75) is 12.4 Å². The van der Waals surface area contributed by atoms with Crippen LogP contribution in [0.3, 0.4) is 0 Å². The van der Waals surface area contributed by atoms with Gasteiger partial charge in [-0.1, -0.05) is 133 Å². The topological polar surface area (TPSA) is 78.3 Å². The average molecular weight is 964 g/mol. The highest BCUT2D eigenvalue weighted by Crippen LogP contribution is 2.50. The number of nitriles is 2. The Morgan fingerprint density at radius 1 is 0.356 bits per heavy atom. The van der Waals surface area contributed by atoms with Gasteiger partial charge in [-0.25, -0.2) is 9.97 Å². The SMILES string of the molecule is N#Cc1ccc(-c2ccc3c(c2)c2cc(-c4ccc(C#N)cc4)ccc2n3-c2c(-c3ccccc3C(F)(F)F)cc(-c3cc(-c4ccccc4)nc(-c4ccccc4)n3)cc2-c2ccccc2C(F)(F)F)cc1. The Hall–Kier alpha value is -9.58. The molecule has 0 amide bonds. The fourth-order valence-electron chi connectivity index (χ4n) is 9.53. The molecule has 0 radical (unpaired) electrons. The normalized spacial score (nSPS) is 11.7. The molecule has 0 unspecified atom stereocenters. The molecule has 11 heteroatoms. The molecule has 2 heterocycles. The second kappa shape index (κ2) is 18.3. The minimum absolute atomic E-state index is 0.00956. The standard InChI is InChI=1S/C62H35F6N5/c63-61(64,65)53-17-9-7-15-47(53)51-33-46(56-35-55(42-11-3-1-4-12-42)71-60(72-56)43-13-5-2-6-14-43)34-52(48-16-8-10-18-54(48)62(66,67)68)59(51)73-57-29-27-44(40-23-19-38(36-69)20-24-40)31-49(57)50-32-45(28-30-58(50)73)41-25-21-39(37-70)22-26-41/h1-35H. The first-order valence-electron chi connectivity index (χ1n) is 23.0. The highest BCUT2D eigenvalue weighted by Gasteiger charge is 2.37. The van der Waals surface area contributed by atoms with E-state index in [0.29, 0.717) is 50.0 Å². The summed E-state index contributed by atoms with van der Waals surface area (Å²) in [5.74, 6) is 0.300.